The van der Waals surface area contributed by atoms with Crippen molar-refractivity contribution < 1.29 is 14.6 Å². The molecule has 0 saturated carbocycles. The van der Waals surface area contributed by atoms with E-state index in [1.54, 1.807) is 6.07 Å². The lowest BCUT2D eigenvalue weighted by Crippen LogP contribution is -2.05. The van der Waals surface area contributed by atoms with E-state index in [1.807, 2.05) is 13.0 Å². The second kappa shape index (κ2) is 6.64. The minimum absolute atomic E-state index is 0.0813. The Labute approximate surface area is 113 Å². The van der Waals surface area contributed by atoms with E-state index in [9.17, 15) is 4.79 Å². The Morgan fingerprint density at radius 1 is 1.44 bits per heavy atom. The lowest BCUT2D eigenvalue weighted by Gasteiger charge is -2.17. The standard InChI is InChI=1S/C14H19ClO3/c1-4-18-14-10(5-6-13(16)17)7-11(15)8-12(14)9(2)3/h7-9H,4-6H2,1-3H3,(H,16,17). The maximum absolute atomic E-state index is 10.7. The molecule has 18 heavy (non-hydrogen) atoms. The van der Waals surface area contributed by atoms with Crippen LogP contribution in [0.5, 0.6) is 5.75 Å². The summed E-state index contributed by atoms with van der Waals surface area (Å²) in [5.74, 6) is 0.260. The number of rotatable bonds is 6. The molecule has 1 N–H and O–H groups in total. The fourth-order valence-corrected chi connectivity index (χ4v) is 2.10. The number of ether oxygens (including phenoxy) is 1. The number of aliphatic carboxylic acids is 1. The van der Waals surface area contributed by atoms with E-state index >= 15 is 0 Å². The summed E-state index contributed by atoms with van der Waals surface area (Å²) in [6.45, 7) is 6.60. The molecule has 3 nitrogen and oxygen atoms in total. The maximum Gasteiger partial charge on any atom is 0.303 e. The third-order valence-corrected chi connectivity index (χ3v) is 2.90. The topological polar surface area (TPSA) is 46.5 Å². The number of hydrogen-bond donors (Lipinski definition) is 1. The Morgan fingerprint density at radius 3 is 2.61 bits per heavy atom. The molecule has 100 valence electrons. The summed E-state index contributed by atoms with van der Waals surface area (Å²) in [7, 11) is 0. The summed E-state index contributed by atoms with van der Waals surface area (Å²) in [5.41, 5.74) is 1.90. The molecule has 1 aromatic carbocycles. The molecule has 0 atom stereocenters. The summed E-state index contributed by atoms with van der Waals surface area (Å²) in [4.78, 5) is 10.7. The highest BCUT2D eigenvalue weighted by atomic mass is 35.5. The largest absolute Gasteiger partial charge is 0.493 e. The quantitative estimate of drug-likeness (QED) is 0.853. The number of carboxylic acid groups (broad SMARTS) is 1. The van der Waals surface area contributed by atoms with Gasteiger partial charge in [0.15, 0.2) is 0 Å². The highest BCUT2D eigenvalue weighted by molar-refractivity contribution is 6.30. The van der Waals surface area contributed by atoms with Gasteiger partial charge >= 0.3 is 5.97 Å². The van der Waals surface area contributed by atoms with Gasteiger partial charge in [-0.1, -0.05) is 25.4 Å². The Balaban J connectivity index is 3.15. The van der Waals surface area contributed by atoms with Crippen molar-refractivity contribution in [2.45, 2.75) is 39.5 Å². The normalized spacial score (nSPS) is 10.7. The van der Waals surface area contributed by atoms with Gasteiger partial charge < -0.3 is 9.84 Å². The molecule has 1 rings (SSSR count). The molecule has 0 aromatic heterocycles. The SMILES string of the molecule is CCOc1c(CCC(=O)O)cc(Cl)cc1C(C)C. The minimum atomic E-state index is -0.816. The zero-order valence-corrected chi connectivity index (χ0v) is 11.8. The number of halogens is 1. The van der Waals surface area contributed by atoms with E-state index in [-0.39, 0.29) is 12.3 Å². The van der Waals surface area contributed by atoms with Crippen molar-refractivity contribution >= 4 is 17.6 Å². The minimum Gasteiger partial charge on any atom is -0.493 e. The summed E-state index contributed by atoms with van der Waals surface area (Å²) in [6, 6.07) is 3.68. The average molecular weight is 271 g/mol. The van der Waals surface area contributed by atoms with Gasteiger partial charge in [-0.2, -0.15) is 0 Å². The van der Waals surface area contributed by atoms with E-state index in [4.69, 9.17) is 21.4 Å². The molecule has 0 aliphatic heterocycles. The van der Waals surface area contributed by atoms with Crippen LogP contribution < -0.4 is 4.74 Å². The maximum atomic E-state index is 10.7. The first-order valence-corrected chi connectivity index (χ1v) is 6.50. The van der Waals surface area contributed by atoms with Gasteiger partial charge in [-0.15, -0.1) is 0 Å². The van der Waals surface area contributed by atoms with Crippen LogP contribution in [0.2, 0.25) is 5.02 Å². The molecule has 0 heterocycles. The van der Waals surface area contributed by atoms with Gasteiger partial charge in [-0.25, -0.2) is 0 Å². The highest BCUT2D eigenvalue weighted by Crippen LogP contribution is 2.34. The molecular formula is C14H19ClO3. The predicted octanol–water partition coefficient (Wildman–Crippen LogP) is 3.88. The van der Waals surface area contributed by atoms with Crippen LogP contribution in [-0.2, 0) is 11.2 Å². The van der Waals surface area contributed by atoms with Crippen LogP contribution in [0.4, 0.5) is 0 Å². The zero-order chi connectivity index (χ0) is 13.7. The molecule has 1 aromatic rings. The van der Waals surface area contributed by atoms with Crippen molar-refractivity contribution in [2.24, 2.45) is 0 Å². The van der Waals surface area contributed by atoms with Crippen LogP contribution in [-0.4, -0.2) is 17.7 Å². The van der Waals surface area contributed by atoms with Crippen molar-refractivity contribution in [3.8, 4) is 5.75 Å². The predicted molar refractivity (Wildman–Crippen MR) is 72.7 cm³/mol. The number of benzene rings is 1. The molecule has 0 bridgehead atoms. The first-order chi connectivity index (χ1) is 8.45. The molecule has 0 unspecified atom stereocenters. The molecular weight excluding hydrogens is 252 g/mol. The van der Waals surface area contributed by atoms with Gasteiger partial charge in [0.25, 0.3) is 0 Å². The average Bonchev–Trinajstić information content (AvgIpc) is 2.28. The number of carbonyl (C=O) groups is 1. The number of aryl methyl sites for hydroxylation is 1. The Kier molecular flexibility index (Phi) is 5.48. The molecule has 4 heteroatoms. The van der Waals surface area contributed by atoms with Gasteiger partial charge in [-0.3, -0.25) is 4.79 Å². The first kappa shape index (κ1) is 14.8. The molecule has 0 spiro atoms. The number of carboxylic acids is 1. The van der Waals surface area contributed by atoms with Crippen molar-refractivity contribution in [1.29, 1.82) is 0 Å². The molecule has 0 fully saturated rings. The van der Waals surface area contributed by atoms with E-state index in [2.05, 4.69) is 13.8 Å². The van der Waals surface area contributed by atoms with E-state index in [0.717, 1.165) is 16.9 Å². The van der Waals surface area contributed by atoms with Gasteiger partial charge in [0.2, 0.25) is 0 Å². The Hall–Kier alpha value is -1.22. The summed E-state index contributed by atoms with van der Waals surface area (Å²) in [5, 5.41) is 9.40. The van der Waals surface area contributed by atoms with Crippen LogP contribution >= 0.6 is 11.6 Å². The third kappa shape index (κ3) is 3.91. The van der Waals surface area contributed by atoms with Gasteiger partial charge in [0.1, 0.15) is 5.75 Å². The van der Waals surface area contributed by atoms with Crippen LogP contribution in [0.25, 0.3) is 0 Å². The molecule has 0 saturated heterocycles. The summed E-state index contributed by atoms with van der Waals surface area (Å²) in [6.07, 6.45) is 0.517. The van der Waals surface area contributed by atoms with Gasteiger partial charge in [0, 0.05) is 11.4 Å². The Bertz CT molecular complexity index is 427. The first-order valence-electron chi connectivity index (χ1n) is 6.12. The van der Waals surface area contributed by atoms with Gasteiger partial charge in [0.05, 0.1) is 6.61 Å². The van der Waals surface area contributed by atoms with Crippen molar-refractivity contribution in [1.82, 2.24) is 0 Å². The highest BCUT2D eigenvalue weighted by Gasteiger charge is 2.15. The van der Waals surface area contributed by atoms with Crippen LogP contribution in [0.3, 0.4) is 0 Å². The second-order valence-corrected chi connectivity index (χ2v) is 4.90. The van der Waals surface area contributed by atoms with Crippen molar-refractivity contribution in [2.75, 3.05) is 6.61 Å². The van der Waals surface area contributed by atoms with Crippen LogP contribution in [0.1, 0.15) is 44.2 Å². The van der Waals surface area contributed by atoms with Crippen LogP contribution in [0, 0.1) is 0 Å². The monoisotopic (exact) mass is 270 g/mol. The molecule has 0 amide bonds. The Morgan fingerprint density at radius 2 is 2.11 bits per heavy atom. The van der Waals surface area contributed by atoms with Crippen LogP contribution in [0.15, 0.2) is 12.1 Å². The van der Waals surface area contributed by atoms with E-state index < -0.39 is 5.97 Å². The molecule has 0 radical (unpaired) electrons. The fraction of sp³-hybridized carbons (Fsp3) is 0.500. The molecule has 0 aliphatic carbocycles. The summed E-state index contributed by atoms with van der Waals surface area (Å²) < 4.78 is 5.67. The lowest BCUT2D eigenvalue weighted by atomic mass is 9.97. The fourth-order valence-electron chi connectivity index (χ4n) is 1.85. The van der Waals surface area contributed by atoms with Crippen molar-refractivity contribution in [3.63, 3.8) is 0 Å². The van der Waals surface area contributed by atoms with E-state index in [1.165, 1.54) is 0 Å². The second-order valence-electron chi connectivity index (χ2n) is 4.46. The molecule has 0 aliphatic rings. The lowest BCUT2D eigenvalue weighted by molar-refractivity contribution is -0.136. The van der Waals surface area contributed by atoms with E-state index in [0.29, 0.717) is 18.1 Å². The van der Waals surface area contributed by atoms with Crippen molar-refractivity contribution in [3.05, 3.63) is 28.3 Å². The zero-order valence-electron chi connectivity index (χ0n) is 11.0. The smallest absolute Gasteiger partial charge is 0.303 e. The van der Waals surface area contributed by atoms with Gasteiger partial charge in [-0.05, 0) is 42.5 Å². The third-order valence-electron chi connectivity index (χ3n) is 2.68. The summed E-state index contributed by atoms with van der Waals surface area (Å²) >= 11 is 6.08. The number of hydrogen-bond acceptors (Lipinski definition) is 2.